The summed E-state index contributed by atoms with van der Waals surface area (Å²) in [4.78, 5) is -0.546. The SMILES string of the molecule is CCCCCCCCNS(=O)(=O)c1c(F)cc(F)cc1Br. The highest BCUT2D eigenvalue weighted by atomic mass is 79.9. The van der Waals surface area contributed by atoms with Gasteiger partial charge >= 0.3 is 0 Å². The van der Waals surface area contributed by atoms with Gasteiger partial charge in [-0.2, -0.15) is 0 Å². The van der Waals surface area contributed by atoms with E-state index in [0.29, 0.717) is 12.5 Å². The van der Waals surface area contributed by atoms with Gasteiger partial charge in [-0.05, 0) is 28.4 Å². The molecule has 0 spiro atoms. The molecule has 1 aromatic rings. The summed E-state index contributed by atoms with van der Waals surface area (Å²) in [5.41, 5.74) is 0. The molecule has 1 aromatic carbocycles. The lowest BCUT2D eigenvalue weighted by atomic mass is 10.1. The van der Waals surface area contributed by atoms with Crippen LogP contribution in [0.15, 0.2) is 21.5 Å². The van der Waals surface area contributed by atoms with Gasteiger partial charge < -0.3 is 0 Å². The molecular weight excluding hydrogens is 364 g/mol. The standard InChI is InChI=1S/C14H20BrF2NO2S/c1-2-3-4-5-6-7-8-18-21(19,20)14-12(15)9-11(16)10-13(14)17/h9-10,18H,2-8H2,1H3. The smallest absolute Gasteiger partial charge is 0.211 e. The molecule has 0 atom stereocenters. The topological polar surface area (TPSA) is 46.2 Å². The van der Waals surface area contributed by atoms with Crippen molar-refractivity contribution in [2.75, 3.05) is 6.54 Å². The fourth-order valence-electron chi connectivity index (χ4n) is 1.97. The Hall–Kier alpha value is -0.530. The van der Waals surface area contributed by atoms with Crippen LogP contribution in [0.25, 0.3) is 0 Å². The monoisotopic (exact) mass is 383 g/mol. The lowest BCUT2D eigenvalue weighted by Gasteiger charge is -2.09. The van der Waals surface area contributed by atoms with Crippen molar-refractivity contribution in [3.05, 3.63) is 28.2 Å². The fraction of sp³-hybridized carbons (Fsp3) is 0.571. The molecule has 3 nitrogen and oxygen atoms in total. The third kappa shape index (κ3) is 6.00. The molecule has 0 heterocycles. The van der Waals surface area contributed by atoms with Crippen molar-refractivity contribution < 1.29 is 17.2 Å². The molecule has 1 rings (SSSR count). The van der Waals surface area contributed by atoms with E-state index in [1.165, 1.54) is 6.42 Å². The van der Waals surface area contributed by atoms with Gasteiger partial charge in [-0.3, -0.25) is 0 Å². The molecule has 0 saturated carbocycles. The number of rotatable bonds is 9. The van der Waals surface area contributed by atoms with Gasteiger partial charge in [-0.1, -0.05) is 39.0 Å². The molecule has 0 aromatic heterocycles. The van der Waals surface area contributed by atoms with Gasteiger partial charge in [-0.25, -0.2) is 21.9 Å². The largest absolute Gasteiger partial charge is 0.244 e. The predicted molar refractivity (Wildman–Crippen MR) is 82.6 cm³/mol. The van der Waals surface area contributed by atoms with E-state index >= 15 is 0 Å². The van der Waals surface area contributed by atoms with Crippen molar-refractivity contribution in [2.24, 2.45) is 0 Å². The summed E-state index contributed by atoms with van der Waals surface area (Å²) in [6.07, 6.45) is 6.16. The van der Waals surface area contributed by atoms with Crippen molar-refractivity contribution >= 4 is 26.0 Å². The van der Waals surface area contributed by atoms with Crippen LogP contribution in [0, 0.1) is 11.6 Å². The Bertz CT molecular complexity index is 541. The number of hydrogen-bond donors (Lipinski definition) is 1. The van der Waals surface area contributed by atoms with Crippen molar-refractivity contribution in [3.8, 4) is 0 Å². The summed E-state index contributed by atoms with van der Waals surface area (Å²) in [6.45, 7) is 2.38. The van der Waals surface area contributed by atoms with Gasteiger partial charge in [0.05, 0.1) is 0 Å². The molecule has 0 radical (unpaired) electrons. The van der Waals surface area contributed by atoms with Gasteiger partial charge in [0.15, 0.2) is 0 Å². The van der Waals surface area contributed by atoms with Gasteiger partial charge in [0.25, 0.3) is 0 Å². The first-order valence-corrected chi connectivity index (χ1v) is 9.30. The summed E-state index contributed by atoms with van der Waals surface area (Å²) < 4.78 is 52.9. The minimum absolute atomic E-state index is 0.115. The van der Waals surface area contributed by atoms with E-state index < -0.39 is 26.6 Å². The second kappa shape index (κ2) is 8.80. The highest BCUT2D eigenvalue weighted by molar-refractivity contribution is 9.10. The zero-order valence-corrected chi connectivity index (χ0v) is 14.4. The van der Waals surface area contributed by atoms with Crippen molar-refractivity contribution in [1.29, 1.82) is 0 Å². The van der Waals surface area contributed by atoms with Crippen LogP contribution in [-0.4, -0.2) is 15.0 Å². The maximum absolute atomic E-state index is 13.6. The quantitative estimate of drug-likeness (QED) is 0.643. The van der Waals surface area contributed by atoms with Crippen molar-refractivity contribution in [1.82, 2.24) is 4.72 Å². The third-order valence-corrected chi connectivity index (χ3v) is 5.48. The fourth-order valence-corrected chi connectivity index (χ4v) is 4.21. The number of hydrogen-bond acceptors (Lipinski definition) is 2. The van der Waals surface area contributed by atoms with E-state index in [9.17, 15) is 17.2 Å². The molecule has 0 unspecified atom stereocenters. The molecule has 21 heavy (non-hydrogen) atoms. The van der Waals surface area contributed by atoms with Crippen LogP contribution < -0.4 is 4.72 Å². The first-order valence-electron chi connectivity index (χ1n) is 7.02. The number of halogens is 3. The second-order valence-electron chi connectivity index (χ2n) is 4.86. The molecule has 120 valence electrons. The Kier molecular flexibility index (Phi) is 7.76. The van der Waals surface area contributed by atoms with Crippen LogP contribution >= 0.6 is 15.9 Å². The van der Waals surface area contributed by atoms with Gasteiger partial charge in [0.1, 0.15) is 16.5 Å². The highest BCUT2D eigenvalue weighted by Crippen LogP contribution is 2.26. The number of benzene rings is 1. The molecule has 7 heteroatoms. The summed E-state index contributed by atoms with van der Waals surface area (Å²) in [6, 6.07) is 1.49. The molecule has 0 bridgehead atoms. The average molecular weight is 384 g/mol. The molecular formula is C14H20BrF2NO2S. The van der Waals surface area contributed by atoms with E-state index in [1.807, 2.05) is 0 Å². The van der Waals surface area contributed by atoms with E-state index in [-0.39, 0.29) is 11.0 Å². The average Bonchev–Trinajstić information content (AvgIpc) is 2.35. The zero-order valence-electron chi connectivity index (χ0n) is 12.0. The Morgan fingerprint density at radius 3 is 2.33 bits per heavy atom. The van der Waals surface area contributed by atoms with Gasteiger partial charge in [0.2, 0.25) is 10.0 Å². The summed E-state index contributed by atoms with van der Waals surface area (Å²) >= 11 is 2.89. The maximum Gasteiger partial charge on any atom is 0.244 e. The van der Waals surface area contributed by atoms with Crippen LogP contribution in [0.5, 0.6) is 0 Å². The van der Waals surface area contributed by atoms with Crippen molar-refractivity contribution in [3.63, 3.8) is 0 Å². The minimum Gasteiger partial charge on any atom is -0.211 e. The Morgan fingerprint density at radius 1 is 1.10 bits per heavy atom. The van der Waals surface area contributed by atoms with E-state index in [1.54, 1.807) is 0 Å². The summed E-state index contributed by atoms with van der Waals surface area (Å²) in [5, 5.41) is 0. The van der Waals surface area contributed by atoms with Gasteiger partial charge in [-0.15, -0.1) is 0 Å². The lowest BCUT2D eigenvalue weighted by molar-refractivity contribution is 0.537. The molecule has 0 fully saturated rings. The molecule has 1 N–H and O–H groups in total. The van der Waals surface area contributed by atoms with Crippen molar-refractivity contribution in [2.45, 2.75) is 50.3 Å². The molecule has 0 aliphatic carbocycles. The third-order valence-electron chi connectivity index (χ3n) is 3.05. The Balaban J connectivity index is 2.55. The minimum atomic E-state index is -3.97. The highest BCUT2D eigenvalue weighted by Gasteiger charge is 2.23. The lowest BCUT2D eigenvalue weighted by Crippen LogP contribution is -2.26. The van der Waals surface area contributed by atoms with Crippen LogP contribution in [0.2, 0.25) is 0 Å². The zero-order chi connectivity index (χ0) is 15.9. The maximum atomic E-state index is 13.6. The van der Waals surface area contributed by atoms with E-state index in [2.05, 4.69) is 27.6 Å². The normalized spacial score (nSPS) is 11.8. The number of sulfonamides is 1. The predicted octanol–water partition coefficient (Wildman–Crippen LogP) is 4.37. The second-order valence-corrected chi connectivity index (χ2v) is 7.42. The van der Waals surface area contributed by atoms with Crippen LogP contribution in [0.1, 0.15) is 45.4 Å². The number of nitrogens with one attached hydrogen (secondary N) is 1. The summed E-state index contributed by atoms with van der Waals surface area (Å²) in [7, 11) is -3.97. The molecule has 0 amide bonds. The van der Waals surface area contributed by atoms with Gasteiger partial charge in [0, 0.05) is 17.1 Å². The first kappa shape index (κ1) is 18.5. The molecule has 0 aliphatic rings. The summed E-state index contributed by atoms with van der Waals surface area (Å²) in [5.74, 6) is -1.92. The number of unbranched alkanes of at least 4 members (excludes halogenated alkanes) is 5. The van der Waals surface area contributed by atoms with Crippen LogP contribution in [0.3, 0.4) is 0 Å². The van der Waals surface area contributed by atoms with E-state index in [4.69, 9.17) is 0 Å². The molecule has 0 aliphatic heterocycles. The molecule has 0 saturated heterocycles. The van der Waals surface area contributed by atoms with Crippen LogP contribution in [-0.2, 0) is 10.0 Å². The van der Waals surface area contributed by atoms with E-state index in [0.717, 1.165) is 31.7 Å². The Labute approximate surface area is 133 Å². The first-order chi connectivity index (χ1) is 9.88. The van der Waals surface area contributed by atoms with Crippen LogP contribution in [0.4, 0.5) is 8.78 Å². The Morgan fingerprint density at radius 2 is 1.71 bits per heavy atom.